The van der Waals surface area contributed by atoms with Gasteiger partial charge in [-0.1, -0.05) is 0 Å². The molecule has 3 N–H and O–H groups in total. The Morgan fingerprint density at radius 3 is 3.00 bits per heavy atom. The van der Waals surface area contributed by atoms with Gasteiger partial charge in [0.25, 0.3) is 0 Å². The third-order valence-electron chi connectivity index (χ3n) is 1.92. The average Bonchev–Trinajstić information content (AvgIpc) is 2.33. The molecule has 0 radical (unpaired) electrons. The molecule has 3 heteroatoms. The third-order valence-corrected chi connectivity index (χ3v) is 1.92. The van der Waals surface area contributed by atoms with Crippen molar-refractivity contribution in [2.45, 2.75) is 18.5 Å². The van der Waals surface area contributed by atoms with E-state index in [0.717, 1.165) is 13.0 Å². The summed E-state index contributed by atoms with van der Waals surface area (Å²) in [5.74, 6) is 0. The predicted molar refractivity (Wildman–Crippen MR) is 36.3 cm³/mol. The van der Waals surface area contributed by atoms with E-state index in [1.165, 1.54) is 0 Å². The fraction of sp³-hybridized carbons (Fsp3) is 1.00. The number of hydrogen-bond acceptors (Lipinski definition) is 3. The molecule has 3 nitrogen and oxygen atoms in total. The first-order valence-corrected chi connectivity index (χ1v) is 3.40. The van der Waals surface area contributed by atoms with E-state index in [9.17, 15) is 0 Å². The van der Waals surface area contributed by atoms with Crippen molar-refractivity contribution in [1.29, 1.82) is 0 Å². The zero-order valence-electron chi connectivity index (χ0n) is 5.72. The first kappa shape index (κ1) is 6.99. The van der Waals surface area contributed by atoms with Gasteiger partial charge >= 0.3 is 0 Å². The molecule has 2 atom stereocenters. The molecule has 0 amide bonds. The highest BCUT2D eigenvalue weighted by molar-refractivity contribution is 4.87. The lowest BCUT2D eigenvalue weighted by molar-refractivity contribution is 0.238. The molecule has 0 aromatic carbocycles. The van der Waals surface area contributed by atoms with E-state index >= 15 is 0 Å². The lowest BCUT2D eigenvalue weighted by atomic mass is 10.1. The Morgan fingerprint density at radius 2 is 2.56 bits per heavy atom. The Labute approximate surface area is 55.5 Å². The van der Waals surface area contributed by atoms with Gasteiger partial charge in [-0.3, -0.25) is 0 Å². The summed E-state index contributed by atoms with van der Waals surface area (Å²) < 4.78 is 0. The van der Waals surface area contributed by atoms with Gasteiger partial charge in [0, 0.05) is 12.1 Å². The number of hydrogen-bond donors (Lipinski definition) is 3. The molecule has 0 saturated carbocycles. The molecule has 0 bridgehead atoms. The summed E-state index contributed by atoms with van der Waals surface area (Å²) >= 11 is 0. The van der Waals surface area contributed by atoms with Crippen LogP contribution in [-0.4, -0.2) is 37.4 Å². The van der Waals surface area contributed by atoms with E-state index in [-0.39, 0.29) is 12.6 Å². The number of likely N-dealkylation sites (N-methyl/N-ethyl adjacent to an activating group) is 1. The molecule has 9 heavy (non-hydrogen) atoms. The first-order valence-electron chi connectivity index (χ1n) is 3.40. The summed E-state index contributed by atoms with van der Waals surface area (Å²) in [5.41, 5.74) is 0. The second kappa shape index (κ2) is 3.15. The van der Waals surface area contributed by atoms with Crippen LogP contribution in [0.25, 0.3) is 0 Å². The summed E-state index contributed by atoms with van der Waals surface area (Å²) in [5, 5.41) is 15.1. The Hall–Kier alpha value is -0.120. The molecule has 1 saturated heterocycles. The molecule has 0 aromatic heterocycles. The zero-order chi connectivity index (χ0) is 6.69. The van der Waals surface area contributed by atoms with E-state index in [1.54, 1.807) is 0 Å². The minimum Gasteiger partial charge on any atom is -0.395 e. The monoisotopic (exact) mass is 130 g/mol. The fourth-order valence-electron chi connectivity index (χ4n) is 1.30. The molecule has 2 unspecified atom stereocenters. The second-order valence-corrected chi connectivity index (χ2v) is 2.43. The second-order valence-electron chi connectivity index (χ2n) is 2.43. The van der Waals surface area contributed by atoms with Crippen molar-refractivity contribution in [2.24, 2.45) is 0 Å². The van der Waals surface area contributed by atoms with Gasteiger partial charge in [0.05, 0.1) is 6.61 Å². The van der Waals surface area contributed by atoms with E-state index in [4.69, 9.17) is 5.11 Å². The minimum atomic E-state index is 0.242. The molecule has 0 aromatic rings. The van der Waals surface area contributed by atoms with E-state index in [2.05, 4.69) is 10.6 Å². The molecule has 0 aliphatic carbocycles. The highest BCUT2D eigenvalue weighted by Crippen LogP contribution is 2.04. The predicted octanol–water partition coefficient (Wildman–Crippen LogP) is -1.07. The molecule has 1 aliphatic rings. The molecule has 1 aliphatic heterocycles. The number of aliphatic hydroxyl groups excluding tert-OH is 1. The molecule has 54 valence electrons. The highest BCUT2D eigenvalue weighted by Gasteiger charge is 2.23. The van der Waals surface area contributed by atoms with Crippen LogP contribution in [0, 0.1) is 0 Å². The van der Waals surface area contributed by atoms with Gasteiger partial charge in [0.2, 0.25) is 0 Å². The molecular weight excluding hydrogens is 116 g/mol. The Morgan fingerprint density at radius 1 is 1.78 bits per heavy atom. The smallest absolute Gasteiger partial charge is 0.0599 e. The van der Waals surface area contributed by atoms with Crippen molar-refractivity contribution >= 4 is 0 Å². The zero-order valence-corrected chi connectivity index (χ0v) is 5.72. The highest BCUT2D eigenvalue weighted by atomic mass is 16.3. The van der Waals surface area contributed by atoms with E-state index in [0.29, 0.717) is 6.04 Å². The van der Waals surface area contributed by atoms with Gasteiger partial charge < -0.3 is 15.7 Å². The maximum atomic E-state index is 8.77. The minimum absolute atomic E-state index is 0.242. The van der Waals surface area contributed by atoms with Crippen LogP contribution in [0.3, 0.4) is 0 Å². The Balaban J connectivity index is 2.32. The SMILES string of the molecule is CNC1CCNC1CO. The Kier molecular flexibility index (Phi) is 2.45. The van der Waals surface area contributed by atoms with Crippen molar-refractivity contribution < 1.29 is 5.11 Å². The molecule has 1 rings (SSSR count). The first-order chi connectivity index (χ1) is 4.38. The van der Waals surface area contributed by atoms with Crippen molar-refractivity contribution in [3.8, 4) is 0 Å². The van der Waals surface area contributed by atoms with Crippen LogP contribution in [0.4, 0.5) is 0 Å². The molecule has 1 fully saturated rings. The van der Waals surface area contributed by atoms with Gasteiger partial charge in [0.15, 0.2) is 0 Å². The lowest BCUT2D eigenvalue weighted by Gasteiger charge is -2.15. The van der Waals surface area contributed by atoms with Crippen LogP contribution in [0.5, 0.6) is 0 Å². The van der Waals surface area contributed by atoms with Gasteiger partial charge in [0.1, 0.15) is 0 Å². The van der Waals surface area contributed by atoms with Gasteiger partial charge in [-0.25, -0.2) is 0 Å². The number of aliphatic hydroxyl groups is 1. The van der Waals surface area contributed by atoms with Crippen LogP contribution in [0.2, 0.25) is 0 Å². The fourth-order valence-corrected chi connectivity index (χ4v) is 1.30. The van der Waals surface area contributed by atoms with E-state index < -0.39 is 0 Å². The maximum absolute atomic E-state index is 8.77. The van der Waals surface area contributed by atoms with E-state index in [1.807, 2.05) is 7.05 Å². The third kappa shape index (κ3) is 1.41. The van der Waals surface area contributed by atoms with Crippen LogP contribution in [0.1, 0.15) is 6.42 Å². The quantitative estimate of drug-likeness (QED) is 0.446. The van der Waals surface area contributed by atoms with Gasteiger partial charge in [-0.15, -0.1) is 0 Å². The summed E-state index contributed by atoms with van der Waals surface area (Å²) in [4.78, 5) is 0. The molecular formula is C6H14N2O. The summed E-state index contributed by atoms with van der Waals surface area (Å²) in [7, 11) is 1.93. The maximum Gasteiger partial charge on any atom is 0.0599 e. The summed E-state index contributed by atoms with van der Waals surface area (Å²) in [6, 6.07) is 0.741. The molecule has 0 spiro atoms. The summed E-state index contributed by atoms with van der Waals surface area (Å²) in [6.07, 6.45) is 1.13. The van der Waals surface area contributed by atoms with Crippen molar-refractivity contribution in [3.05, 3.63) is 0 Å². The van der Waals surface area contributed by atoms with Crippen molar-refractivity contribution in [1.82, 2.24) is 10.6 Å². The number of rotatable bonds is 2. The topological polar surface area (TPSA) is 44.3 Å². The van der Waals surface area contributed by atoms with Gasteiger partial charge in [-0.2, -0.15) is 0 Å². The van der Waals surface area contributed by atoms with Crippen molar-refractivity contribution in [3.63, 3.8) is 0 Å². The summed E-state index contributed by atoms with van der Waals surface area (Å²) in [6.45, 7) is 1.27. The largest absolute Gasteiger partial charge is 0.395 e. The van der Waals surface area contributed by atoms with Crippen LogP contribution >= 0.6 is 0 Å². The van der Waals surface area contributed by atoms with Crippen molar-refractivity contribution in [2.75, 3.05) is 20.2 Å². The van der Waals surface area contributed by atoms with Gasteiger partial charge in [-0.05, 0) is 20.0 Å². The van der Waals surface area contributed by atoms with Crippen LogP contribution < -0.4 is 10.6 Å². The van der Waals surface area contributed by atoms with Crippen LogP contribution in [0.15, 0.2) is 0 Å². The normalized spacial score (nSPS) is 35.3. The Bertz CT molecular complexity index is 77.1. The number of nitrogens with one attached hydrogen (secondary N) is 2. The molecule has 1 heterocycles. The van der Waals surface area contributed by atoms with Crippen LogP contribution in [-0.2, 0) is 0 Å². The average molecular weight is 130 g/mol. The lowest BCUT2D eigenvalue weighted by Crippen LogP contribution is -2.40. The standard InChI is InChI=1S/C6H14N2O/c1-7-5-2-3-8-6(5)4-9/h5-9H,2-4H2,1H3.